The number of aliphatic hydroxyl groups excluding tert-OH is 10. The highest BCUT2D eigenvalue weighted by atomic mass is 127. The number of aliphatic hydroxyl groups is 10. The number of benzene rings is 1. The highest BCUT2D eigenvalue weighted by molar-refractivity contribution is 14.0. The van der Waals surface area contributed by atoms with Crippen LogP contribution in [0.5, 0.6) is 0 Å². The molecule has 7 aliphatic rings. The molecule has 2 aliphatic carbocycles. The highest BCUT2D eigenvalue weighted by Gasteiger charge is 2.53. The summed E-state index contributed by atoms with van der Waals surface area (Å²) in [5.41, 5.74) is 63.4. The maximum atomic E-state index is 14.7. The molecule has 35 nitrogen and oxygen atoms in total. The van der Waals surface area contributed by atoms with Gasteiger partial charge in [-0.2, -0.15) is 0 Å². The number of fused-ring (bicyclic) bond motifs is 1. The zero-order chi connectivity index (χ0) is 68.3. The number of ether oxygens (including phenoxy) is 8. The fraction of sp³-hybridized carbons (Fsp3) is 0.727. The molecular weight excluding hydrogens is 1410 g/mol. The fourth-order valence-electron chi connectivity index (χ4n) is 12.3. The number of carbonyl (C=O) groups is 1. The molecule has 7 heterocycles. The second-order valence-electron chi connectivity index (χ2n) is 24.4. The fourth-order valence-corrected chi connectivity index (χ4v) is 12.3. The number of hydrogen-bond acceptors (Lipinski definition) is 33. The maximum Gasteiger partial charge on any atom is 0.341 e. The molecule has 0 radical (unpaired) electrons. The predicted molar refractivity (Wildman–Crippen MR) is 338 cm³/mol. The van der Waals surface area contributed by atoms with Crippen LogP contribution < -0.4 is 73.4 Å². The average molecular weight is 1500 g/mol. The van der Waals surface area contributed by atoms with Crippen LogP contribution in [0.3, 0.4) is 0 Å². The summed E-state index contributed by atoms with van der Waals surface area (Å²) >= 11 is 0. The standard InChI is InChI=1S/C19H15F3N4O3.2C18H37N5O9.ClH.HI/c20-9-1-2-15(13(21)5-9)26-8-12(19(28)29)16(27)11-6-14(22)18(24-17(11)26)25-4-3-10(23)7-25;2*19-3-9-8(25)2-7(22)17(29-9)31-15-5(20)1-6(21)16(14(15)28)32-18-13(27)11(23)12(26)10(4-24)30-18;;/h1-2,5-6,8,10H,3-4,7,23H2,(H,28,29);2*5-18,24-28H,1-4,19-23H2;2*1H/t;2*5-,6+,7+,8-,9+,10+,11-,12+,13+,14-,15+,16-,17+,18+;;/m.00../s1. The van der Waals surface area contributed by atoms with E-state index in [0.717, 1.165) is 29.0 Å². The van der Waals surface area contributed by atoms with Crippen molar-refractivity contribution >= 4 is 59.2 Å². The third kappa shape index (κ3) is 18.0. The summed E-state index contributed by atoms with van der Waals surface area (Å²) in [5, 5.41) is 110. The van der Waals surface area contributed by atoms with E-state index in [1.807, 2.05) is 0 Å². The number of carboxylic acid groups (broad SMARTS) is 1. The number of hydrogen-bond donors (Lipinski definition) is 22. The van der Waals surface area contributed by atoms with Crippen molar-refractivity contribution < 1.29 is 112 Å². The molecule has 1 aromatic carbocycles. The summed E-state index contributed by atoms with van der Waals surface area (Å²) in [6, 6.07) is -3.14. The Morgan fingerprint density at radius 3 is 1.38 bits per heavy atom. The highest BCUT2D eigenvalue weighted by Crippen LogP contribution is 2.34. The van der Waals surface area contributed by atoms with Gasteiger partial charge in [0, 0.05) is 68.7 Å². The van der Waals surface area contributed by atoms with Crippen LogP contribution in [-0.2, 0) is 37.9 Å². The molecule has 0 spiro atoms. The minimum Gasteiger partial charge on any atom is -0.477 e. The van der Waals surface area contributed by atoms with Crippen LogP contribution in [0, 0.1) is 17.5 Å². The molecule has 542 valence electrons. The lowest BCUT2D eigenvalue weighted by Crippen LogP contribution is -2.68. The van der Waals surface area contributed by atoms with E-state index in [1.165, 1.54) is 0 Å². The van der Waals surface area contributed by atoms with Crippen LogP contribution in [0.25, 0.3) is 16.7 Å². The zero-order valence-electron chi connectivity index (χ0n) is 51.1. The molecule has 2 aromatic heterocycles. The number of carboxylic acids is 1. The normalized spacial score (nSPS) is 40.5. The summed E-state index contributed by atoms with van der Waals surface area (Å²) in [4.78, 5) is 29.8. The largest absolute Gasteiger partial charge is 0.477 e. The van der Waals surface area contributed by atoms with E-state index in [1.54, 1.807) is 4.90 Å². The summed E-state index contributed by atoms with van der Waals surface area (Å²) in [5.74, 6) is -4.30. The lowest BCUT2D eigenvalue weighted by Gasteiger charge is -2.47. The van der Waals surface area contributed by atoms with Gasteiger partial charge in [0.25, 0.3) is 0 Å². The molecule has 5 aliphatic heterocycles. The summed E-state index contributed by atoms with van der Waals surface area (Å²) in [7, 11) is 0. The summed E-state index contributed by atoms with van der Waals surface area (Å²) < 4.78 is 88.9. The van der Waals surface area contributed by atoms with Gasteiger partial charge in [-0.1, -0.05) is 0 Å². The Morgan fingerprint density at radius 2 is 1.00 bits per heavy atom. The van der Waals surface area contributed by atoms with E-state index in [2.05, 4.69) is 4.98 Å². The quantitative estimate of drug-likeness (QED) is 0.0628. The first-order chi connectivity index (χ1) is 43.9. The molecule has 3 aromatic rings. The third-order valence-electron chi connectivity index (χ3n) is 17.7. The smallest absolute Gasteiger partial charge is 0.341 e. The molecular formula is C55H91ClF3IN14O21. The number of nitrogens with two attached hydrogens (primary N) is 11. The van der Waals surface area contributed by atoms with Gasteiger partial charge in [-0.15, -0.1) is 36.4 Å². The van der Waals surface area contributed by atoms with Gasteiger partial charge in [-0.3, -0.25) is 9.36 Å². The Labute approximate surface area is 564 Å². The van der Waals surface area contributed by atoms with Crippen molar-refractivity contribution in [2.45, 2.75) is 209 Å². The van der Waals surface area contributed by atoms with Gasteiger partial charge in [-0.25, -0.2) is 22.9 Å². The van der Waals surface area contributed by atoms with Crippen molar-refractivity contribution in [2.24, 2.45) is 63.1 Å². The second kappa shape index (κ2) is 34.7. The van der Waals surface area contributed by atoms with Crippen LogP contribution in [0.4, 0.5) is 19.0 Å². The van der Waals surface area contributed by atoms with Crippen molar-refractivity contribution in [3.8, 4) is 5.69 Å². The molecule has 7 fully saturated rings. The average Bonchev–Trinajstić information content (AvgIpc) is 1.43. The second-order valence-corrected chi connectivity index (χ2v) is 24.4. The van der Waals surface area contributed by atoms with Gasteiger partial charge >= 0.3 is 5.97 Å². The predicted octanol–water partition coefficient (Wildman–Crippen LogP) is -9.51. The van der Waals surface area contributed by atoms with Crippen molar-refractivity contribution in [2.75, 3.05) is 44.3 Å². The van der Waals surface area contributed by atoms with Gasteiger partial charge in [0.15, 0.2) is 42.4 Å². The number of rotatable bonds is 15. The van der Waals surface area contributed by atoms with Gasteiger partial charge in [0.05, 0.1) is 72.9 Å². The minimum absolute atomic E-state index is 0. The zero-order valence-corrected chi connectivity index (χ0v) is 54.2. The lowest BCUT2D eigenvalue weighted by molar-refractivity contribution is -0.314. The van der Waals surface area contributed by atoms with E-state index < -0.39 is 219 Å². The van der Waals surface area contributed by atoms with Gasteiger partial charge in [0.1, 0.15) is 90.4 Å². The Morgan fingerprint density at radius 1 is 0.579 bits per heavy atom. The van der Waals surface area contributed by atoms with Crippen LogP contribution in [0.15, 0.2) is 35.3 Å². The SMILES string of the molecule is Cl.I.NC1CCN(c2nc3c(cc2F)c(=O)c(C(=O)O)cn3-c2ccc(F)cc2F)C1.NC[C@H]1O[C@H](O[C@H]2[C@H](O)[C@@H](O[C@H]3O[C@H](CO)[C@@H](O)[C@H](N)[C@H]3O)[C@H](N)C[C@@H]2N)[C@H](N)C[C@@H]1O.NC[C@H]1O[C@H](O[C@H]2[C@H](O)[C@@H](O[C@H]3O[C@H](CO)[C@@H](O)[C@H](N)[C@H]3O)[C@H](N)C[C@@H]2N)[C@H](N)C[C@@H]1O. The summed E-state index contributed by atoms with van der Waals surface area (Å²) in [6.07, 6.45) is -20.0. The van der Waals surface area contributed by atoms with E-state index >= 15 is 0 Å². The molecule has 0 amide bonds. The topological polar surface area (TPSA) is 638 Å². The monoisotopic (exact) mass is 1500 g/mol. The Hall–Kier alpha value is -3.50. The number of nitrogens with zero attached hydrogens (tertiary/aromatic N) is 3. The first kappa shape index (κ1) is 80.5. The Bertz CT molecular complexity index is 2940. The van der Waals surface area contributed by atoms with Crippen LogP contribution in [0.2, 0.25) is 0 Å². The molecule has 0 bridgehead atoms. The maximum absolute atomic E-state index is 14.7. The molecule has 40 heteroatoms. The van der Waals surface area contributed by atoms with Crippen molar-refractivity contribution in [3.05, 3.63) is 63.7 Å². The lowest BCUT2D eigenvalue weighted by atomic mass is 9.84. The van der Waals surface area contributed by atoms with Crippen molar-refractivity contribution in [1.29, 1.82) is 0 Å². The number of anilines is 1. The van der Waals surface area contributed by atoms with Crippen molar-refractivity contribution in [3.63, 3.8) is 0 Å². The number of aromatic nitrogens is 2. The minimum atomic E-state index is -1.57. The van der Waals surface area contributed by atoms with Gasteiger partial charge in [-0.05, 0) is 50.3 Å². The molecule has 33 N–H and O–H groups in total. The first-order valence-corrected chi connectivity index (χ1v) is 30.2. The van der Waals surface area contributed by atoms with E-state index in [9.17, 15) is 78.9 Å². The van der Waals surface area contributed by atoms with Crippen molar-refractivity contribution in [1.82, 2.24) is 9.55 Å². The summed E-state index contributed by atoms with van der Waals surface area (Å²) in [6.45, 7) is -0.209. The molecule has 5 saturated heterocycles. The Balaban J connectivity index is 0.000000223. The molecule has 1 unspecified atom stereocenters. The van der Waals surface area contributed by atoms with Gasteiger partial charge < -0.3 is 162 Å². The molecule has 2 saturated carbocycles. The molecule has 95 heavy (non-hydrogen) atoms. The van der Waals surface area contributed by atoms with Crippen LogP contribution in [0.1, 0.15) is 42.5 Å². The van der Waals surface area contributed by atoms with E-state index in [-0.39, 0.29) is 104 Å². The number of aromatic carboxylic acids is 1. The Kier molecular flexibility index (Phi) is 29.4. The number of halogens is 5. The number of pyridine rings is 2. The first-order valence-electron chi connectivity index (χ1n) is 30.2. The van der Waals surface area contributed by atoms with Crippen LogP contribution in [-0.4, -0.2) is 288 Å². The third-order valence-corrected chi connectivity index (χ3v) is 17.7. The van der Waals surface area contributed by atoms with E-state index in [4.69, 9.17) is 101 Å². The molecule has 10 rings (SSSR count). The van der Waals surface area contributed by atoms with E-state index in [0.29, 0.717) is 25.6 Å². The van der Waals surface area contributed by atoms with Gasteiger partial charge in [0.2, 0.25) is 5.43 Å². The van der Waals surface area contributed by atoms with Crippen LogP contribution >= 0.6 is 36.4 Å². The molecule has 29 atom stereocenters.